The second kappa shape index (κ2) is 44.9. The van der Waals surface area contributed by atoms with Crippen molar-refractivity contribution in [3.63, 3.8) is 0 Å². The number of aliphatic carboxylic acids is 1. The van der Waals surface area contributed by atoms with E-state index >= 15 is 28.0 Å². The Morgan fingerprint density at radius 1 is 0.690 bits per heavy atom. The van der Waals surface area contributed by atoms with Gasteiger partial charge in [-0.3, -0.25) is 62.5 Å². The van der Waals surface area contributed by atoms with Gasteiger partial charge in [-0.2, -0.15) is 23.5 Å². The molecule has 0 radical (unpaired) electrons. The second-order valence-electron chi connectivity index (χ2n) is 28.3. The molecular formula is C79H99F2N15O18S2. The van der Waals surface area contributed by atoms with Gasteiger partial charge in [0, 0.05) is 116 Å². The number of aromatic hydroxyl groups is 1. The number of primary amides is 1. The number of ether oxygens (including phenoxy) is 4. The lowest BCUT2D eigenvalue weighted by Crippen LogP contribution is -2.63. The number of nitrogens with one attached hydrogen (secondary N) is 11. The molecule has 2 bridgehead atoms. The molecule has 116 heavy (non-hydrogen) atoms. The van der Waals surface area contributed by atoms with Gasteiger partial charge in [0.15, 0.2) is 0 Å². The Morgan fingerprint density at radius 3 is 2.06 bits per heavy atom. The van der Waals surface area contributed by atoms with Crippen molar-refractivity contribution in [3.8, 4) is 5.75 Å². The maximum absolute atomic E-state index is 15.3. The summed E-state index contributed by atoms with van der Waals surface area (Å²) in [7, 11) is 1.58. The molecule has 0 aliphatic carbocycles. The number of carbonyl (C=O) groups excluding carboxylic acids is 11. The fourth-order valence-electron chi connectivity index (χ4n) is 13.4. The fourth-order valence-corrected chi connectivity index (χ4v) is 15.3. The van der Waals surface area contributed by atoms with Crippen molar-refractivity contribution in [2.75, 3.05) is 84.5 Å². The van der Waals surface area contributed by atoms with Crippen LogP contribution in [0.25, 0.3) is 10.9 Å². The number of fused-ring (bicyclic) bond motifs is 5. The number of hydrogen-bond donors (Lipinski definition) is 14. The highest BCUT2D eigenvalue weighted by Crippen LogP contribution is 2.36. The number of carboxylic acids is 1. The summed E-state index contributed by atoms with van der Waals surface area (Å²) in [5.74, 6) is -12.4. The number of carbonyl (C=O) groups is 12. The van der Waals surface area contributed by atoms with Gasteiger partial charge in [-0.25, -0.2) is 13.8 Å². The molecule has 4 aromatic carbocycles. The number of imidazole rings is 1. The van der Waals surface area contributed by atoms with Crippen molar-refractivity contribution in [2.45, 2.75) is 149 Å². The van der Waals surface area contributed by atoms with Crippen LogP contribution < -0.4 is 53.6 Å². The molecule has 5 heterocycles. The van der Waals surface area contributed by atoms with E-state index in [0.717, 1.165) is 23.3 Å². The third-order valence-corrected chi connectivity index (χ3v) is 21.8. The molecule has 33 nitrogen and oxygen atoms in total. The lowest BCUT2D eigenvalue weighted by atomic mass is 9.92. The van der Waals surface area contributed by atoms with E-state index in [-0.39, 0.29) is 92.6 Å². The lowest BCUT2D eigenvalue weighted by molar-refractivity contribution is -0.147. The number of aliphatic imine (C=N–C) groups is 1. The first-order chi connectivity index (χ1) is 55.8. The van der Waals surface area contributed by atoms with E-state index in [4.69, 9.17) is 24.7 Å². The number of carboxylic acid groups (broad SMARTS) is 1. The van der Waals surface area contributed by atoms with E-state index in [9.17, 15) is 48.6 Å². The molecule has 624 valence electrons. The van der Waals surface area contributed by atoms with Gasteiger partial charge >= 0.3 is 5.97 Å². The Bertz CT molecular complexity index is 4430. The van der Waals surface area contributed by atoms with Crippen LogP contribution in [-0.4, -0.2) is 240 Å². The summed E-state index contributed by atoms with van der Waals surface area (Å²) in [4.78, 5) is 187. The van der Waals surface area contributed by atoms with E-state index in [1.807, 2.05) is 24.3 Å². The van der Waals surface area contributed by atoms with Crippen molar-refractivity contribution in [1.82, 2.24) is 67.7 Å². The van der Waals surface area contributed by atoms with Crippen LogP contribution in [0.3, 0.4) is 0 Å². The quantitative estimate of drug-likeness (QED) is 0.0314. The molecule has 1 fully saturated rings. The van der Waals surface area contributed by atoms with Crippen LogP contribution in [0.1, 0.15) is 104 Å². The minimum Gasteiger partial charge on any atom is -0.508 e. The van der Waals surface area contributed by atoms with Crippen LogP contribution in [0, 0.1) is 11.6 Å². The van der Waals surface area contributed by atoms with Crippen molar-refractivity contribution < 1.29 is 95.5 Å². The molecule has 1 saturated heterocycles. The Morgan fingerprint density at radius 2 is 1.34 bits per heavy atom. The van der Waals surface area contributed by atoms with Crippen LogP contribution >= 0.6 is 23.5 Å². The highest BCUT2D eigenvalue weighted by Gasteiger charge is 2.49. The zero-order valence-electron chi connectivity index (χ0n) is 64.3. The van der Waals surface area contributed by atoms with Crippen LogP contribution in [-0.2, 0) is 107 Å². The molecule has 1 unspecified atom stereocenters. The molecular weight excluding hydrogens is 1550 g/mol. The zero-order chi connectivity index (χ0) is 83.1. The summed E-state index contributed by atoms with van der Waals surface area (Å²) in [6.07, 6.45) is 3.88. The number of aromatic amines is 2. The highest BCUT2D eigenvalue weighted by molar-refractivity contribution is 7.98. The van der Waals surface area contributed by atoms with Crippen molar-refractivity contribution in [3.05, 3.63) is 149 Å². The number of unbranched alkanes of at least 4 members (excludes halogenated alkanes) is 1. The van der Waals surface area contributed by atoms with Crippen LogP contribution in [0.15, 0.2) is 109 Å². The van der Waals surface area contributed by atoms with Gasteiger partial charge in [-0.05, 0) is 122 Å². The molecule has 0 saturated carbocycles. The molecule has 6 aromatic rings. The van der Waals surface area contributed by atoms with Gasteiger partial charge in [-0.15, -0.1) is 0 Å². The first kappa shape index (κ1) is 89.1. The average molecular weight is 1650 g/mol. The van der Waals surface area contributed by atoms with E-state index in [2.05, 4.69) is 67.8 Å². The van der Waals surface area contributed by atoms with Crippen molar-refractivity contribution in [1.29, 1.82) is 0 Å². The van der Waals surface area contributed by atoms with Crippen molar-refractivity contribution >= 4 is 117 Å². The zero-order valence-corrected chi connectivity index (χ0v) is 65.9. The molecule has 37 heteroatoms. The van der Waals surface area contributed by atoms with E-state index in [1.165, 1.54) is 109 Å². The van der Waals surface area contributed by atoms with E-state index < -0.39 is 163 Å². The molecule has 2 aromatic heterocycles. The number of phenols is 1. The summed E-state index contributed by atoms with van der Waals surface area (Å²) >= 11 is 2.74. The van der Waals surface area contributed by atoms with E-state index in [1.54, 1.807) is 7.11 Å². The number of rotatable bonds is 28. The molecule has 11 amide bonds. The standard InChI is InChI=1S/C79H99F2N15O18S2/c1-79-20-6-22-96(79)77(109)65(32-47-10-14-55(97)15-11-47)94-75(107)63(37-54-41-83-46-88-54)92-76(108)64(38-70(101)102)93-74(106)62(34-51-40-86-59-17-13-53(81)36-57(51)59)91-73(105)61(33-50-39-85-58-16-12-52(80)35-56(50)58)90-69(100)42-87-72(104)60(9-3-4-21-84-67(98)18-23-112-26-27-114-29-28-113-25-24-111-2)89-68(99)19-30-115-43-48-7-5-8-49(31-48)44-116-45-66(71(82)103)95-78(79)110/h5,7-8,10-17,31,35-36,39-41,46,51,60-66,85,97H,3-4,6,9,18-30,32-34,37-38,42-45H2,1-2H3,(H2,82,103)(H,83,88)(H,84,98)(H,87,104)(H,89,99)(H,90,100)(H,91,105)(H,92,108)(H,93,106)(H,94,107)(H,95,110)(H,101,102)/t51?,60-,61-,62-,63-,64-,65-,66-,79-/m0/s1. The Kier molecular flexibility index (Phi) is 34.5. The Balaban J connectivity index is 0.997. The number of phenolic OH excluding ortho intramolecular Hbond substituents is 1. The van der Waals surface area contributed by atoms with Gasteiger partial charge in [0.25, 0.3) is 0 Å². The molecule has 0 spiro atoms. The van der Waals surface area contributed by atoms with Gasteiger partial charge in [0.2, 0.25) is 65.0 Å². The first-order valence-electron chi connectivity index (χ1n) is 38.1. The topological polar surface area (TPSA) is 477 Å². The maximum atomic E-state index is 15.3. The lowest BCUT2D eigenvalue weighted by Gasteiger charge is -2.37. The Labute approximate surface area is 676 Å². The van der Waals surface area contributed by atoms with Crippen LogP contribution in [0.5, 0.6) is 5.75 Å². The SMILES string of the molecule is COCCOCCOCCOCCC(=O)NCCCC[C@@H]1NC(=O)CCSCc2cccc(c2)CSC[C@@H](C(N)=O)NC(=O)[C@]2(C)CCCN2C(=O)[C@H](Cc2ccc(O)cc2)NC(=O)[C@H](Cc2cnc[nH]2)NC(=O)[C@H](CC(=O)O)NC(=O)[C@H](CC2C=Nc3ccc(F)cc32)NC(=O)[C@H](Cc2c[nH]c3ccc(F)cc23)NC(=O)CNC1=O. The fraction of sp³-hybridized carbons (Fsp3) is 0.468. The monoisotopic (exact) mass is 1650 g/mol. The number of amides is 11. The number of H-pyrrole nitrogens is 2. The molecule has 3 aliphatic heterocycles. The van der Waals surface area contributed by atoms with Crippen molar-refractivity contribution in [2.24, 2.45) is 10.7 Å². The highest BCUT2D eigenvalue weighted by atomic mass is 32.2. The summed E-state index contributed by atoms with van der Waals surface area (Å²) in [5, 5.41) is 44.8. The van der Waals surface area contributed by atoms with Gasteiger partial charge in [0.1, 0.15) is 65.2 Å². The largest absolute Gasteiger partial charge is 0.508 e. The predicted molar refractivity (Wildman–Crippen MR) is 424 cm³/mol. The smallest absolute Gasteiger partial charge is 0.305 e. The predicted octanol–water partition coefficient (Wildman–Crippen LogP) is 2.59. The van der Waals surface area contributed by atoms with Crippen LogP contribution in [0.4, 0.5) is 14.5 Å². The number of halogens is 2. The number of thioether (sulfide) groups is 2. The summed E-state index contributed by atoms with van der Waals surface area (Å²) in [5.41, 5.74) is 8.01. The maximum Gasteiger partial charge on any atom is 0.305 e. The third-order valence-electron chi connectivity index (χ3n) is 19.6. The molecule has 9 atom stereocenters. The minimum atomic E-state index is -2.07. The number of benzene rings is 4. The average Bonchev–Trinajstić information content (AvgIpc) is 1.59. The minimum absolute atomic E-state index is 0.000883. The summed E-state index contributed by atoms with van der Waals surface area (Å²) in [6, 6.07) is 9.53. The number of nitrogens with zero attached hydrogens (tertiary/aromatic N) is 3. The Hall–Kier alpha value is -10.9. The van der Waals surface area contributed by atoms with E-state index in [0.29, 0.717) is 91.7 Å². The first-order valence-corrected chi connectivity index (χ1v) is 40.4. The molecule has 3 aliphatic rings. The molecule has 15 N–H and O–H groups in total. The second-order valence-corrected chi connectivity index (χ2v) is 30.5. The number of aromatic nitrogens is 3. The number of nitrogens with two attached hydrogens (primary N) is 1. The number of methoxy groups -OCH3 is 1. The van der Waals surface area contributed by atoms with Gasteiger partial charge in [-0.1, -0.05) is 36.4 Å². The van der Waals surface area contributed by atoms with Gasteiger partial charge in [0.05, 0.1) is 71.2 Å². The van der Waals surface area contributed by atoms with Gasteiger partial charge < -0.3 is 97.6 Å². The number of hydrogen-bond acceptors (Lipinski definition) is 21. The molecule has 9 rings (SSSR count). The summed E-state index contributed by atoms with van der Waals surface area (Å²) in [6.45, 7) is 3.27. The van der Waals surface area contributed by atoms with Crippen LogP contribution in [0.2, 0.25) is 0 Å². The summed E-state index contributed by atoms with van der Waals surface area (Å²) < 4.78 is 51.4. The third kappa shape index (κ3) is 27.4. The normalized spacial score (nSPS) is 22.2.